The molecule has 0 unspecified atom stereocenters. The number of benzene rings is 1. The number of amides is 4. The van der Waals surface area contributed by atoms with E-state index in [0.717, 1.165) is 25.7 Å². The summed E-state index contributed by atoms with van der Waals surface area (Å²) in [4.78, 5) is 36.9. The Balaban J connectivity index is 1.79. The standard InChI is InChI=1S/C17H24N4O3/c1-21(2)16(23)12-6-5-9-14(10-12)18-11-15(22)20-17(24)19-13-7-3-4-8-13/h5-6,9-10,13,18H,3-4,7-8,11H2,1-2H3,(H2,19,20,22,24). The molecule has 2 rings (SSSR count). The van der Waals surface area contributed by atoms with Gasteiger partial charge in [-0.1, -0.05) is 18.9 Å². The van der Waals surface area contributed by atoms with Crippen LogP contribution in [-0.4, -0.2) is 49.4 Å². The number of urea groups is 1. The number of carbonyl (C=O) groups is 3. The second-order valence-corrected chi connectivity index (χ2v) is 6.14. The summed E-state index contributed by atoms with van der Waals surface area (Å²) in [7, 11) is 3.36. The topological polar surface area (TPSA) is 90.5 Å². The Morgan fingerprint density at radius 2 is 1.88 bits per heavy atom. The molecule has 0 heterocycles. The van der Waals surface area contributed by atoms with Gasteiger partial charge in [-0.05, 0) is 31.0 Å². The molecular formula is C17H24N4O3. The number of hydrogen-bond acceptors (Lipinski definition) is 4. The van der Waals surface area contributed by atoms with Gasteiger partial charge in [0.15, 0.2) is 0 Å². The van der Waals surface area contributed by atoms with Crippen LogP contribution in [0.5, 0.6) is 0 Å². The van der Waals surface area contributed by atoms with E-state index >= 15 is 0 Å². The molecule has 0 atom stereocenters. The van der Waals surface area contributed by atoms with Crippen LogP contribution in [0, 0.1) is 0 Å². The van der Waals surface area contributed by atoms with E-state index in [1.807, 2.05) is 0 Å². The minimum Gasteiger partial charge on any atom is -0.376 e. The Morgan fingerprint density at radius 1 is 1.17 bits per heavy atom. The first-order chi connectivity index (χ1) is 11.5. The molecule has 4 amide bonds. The highest BCUT2D eigenvalue weighted by molar-refractivity contribution is 5.97. The highest BCUT2D eigenvalue weighted by atomic mass is 16.2. The number of nitrogens with zero attached hydrogens (tertiary/aromatic N) is 1. The van der Waals surface area contributed by atoms with Gasteiger partial charge in [0.1, 0.15) is 0 Å². The fourth-order valence-corrected chi connectivity index (χ4v) is 2.67. The van der Waals surface area contributed by atoms with E-state index in [9.17, 15) is 14.4 Å². The van der Waals surface area contributed by atoms with Crippen molar-refractivity contribution in [1.29, 1.82) is 0 Å². The Labute approximate surface area is 141 Å². The predicted octanol–water partition coefficient (Wildman–Crippen LogP) is 1.57. The van der Waals surface area contributed by atoms with Crippen LogP contribution < -0.4 is 16.0 Å². The molecule has 24 heavy (non-hydrogen) atoms. The van der Waals surface area contributed by atoms with Crippen molar-refractivity contribution in [3.8, 4) is 0 Å². The van der Waals surface area contributed by atoms with E-state index in [4.69, 9.17) is 0 Å². The van der Waals surface area contributed by atoms with Gasteiger partial charge in [0.25, 0.3) is 5.91 Å². The van der Waals surface area contributed by atoms with Crippen molar-refractivity contribution >= 4 is 23.5 Å². The van der Waals surface area contributed by atoms with Crippen LogP contribution in [0.1, 0.15) is 36.0 Å². The molecular weight excluding hydrogens is 308 g/mol. The fourth-order valence-electron chi connectivity index (χ4n) is 2.67. The summed E-state index contributed by atoms with van der Waals surface area (Å²) in [6.07, 6.45) is 4.16. The second-order valence-electron chi connectivity index (χ2n) is 6.14. The molecule has 3 N–H and O–H groups in total. The number of nitrogens with one attached hydrogen (secondary N) is 3. The van der Waals surface area contributed by atoms with Crippen molar-refractivity contribution in [2.45, 2.75) is 31.7 Å². The van der Waals surface area contributed by atoms with Crippen LogP contribution in [-0.2, 0) is 4.79 Å². The average Bonchev–Trinajstić information content (AvgIpc) is 3.05. The minimum atomic E-state index is -0.453. The first kappa shape index (κ1) is 17.8. The number of carbonyl (C=O) groups excluding carboxylic acids is 3. The van der Waals surface area contributed by atoms with Crippen molar-refractivity contribution in [3.05, 3.63) is 29.8 Å². The minimum absolute atomic E-state index is 0.0440. The SMILES string of the molecule is CN(C)C(=O)c1cccc(NCC(=O)NC(=O)NC2CCCC2)c1. The number of imide groups is 1. The molecule has 1 aliphatic rings. The molecule has 0 radical (unpaired) electrons. The molecule has 1 fully saturated rings. The van der Waals surface area contributed by atoms with Gasteiger partial charge in [0.2, 0.25) is 5.91 Å². The summed E-state index contributed by atoms with van der Waals surface area (Å²) >= 11 is 0. The van der Waals surface area contributed by atoms with Crippen LogP contribution in [0.2, 0.25) is 0 Å². The summed E-state index contributed by atoms with van der Waals surface area (Å²) in [6, 6.07) is 6.60. The number of hydrogen-bond donors (Lipinski definition) is 3. The van der Waals surface area contributed by atoms with E-state index in [1.165, 1.54) is 4.90 Å². The first-order valence-corrected chi connectivity index (χ1v) is 8.11. The molecule has 130 valence electrons. The van der Waals surface area contributed by atoms with Gasteiger partial charge in [-0.15, -0.1) is 0 Å². The third-order valence-electron chi connectivity index (χ3n) is 3.91. The maximum Gasteiger partial charge on any atom is 0.321 e. The van der Waals surface area contributed by atoms with E-state index in [-0.39, 0.29) is 18.5 Å². The van der Waals surface area contributed by atoms with Gasteiger partial charge in [-0.3, -0.25) is 14.9 Å². The van der Waals surface area contributed by atoms with Crippen LogP contribution >= 0.6 is 0 Å². The van der Waals surface area contributed by atoms with Gasteiger partial charge in [0.05, 0.1) is 6.54 Å². The number of anilines is 1. The highest BCUT2D eigenvalue weighted by Crippen LogP contribution is 2.17. The van der Waals surface area contributed by atoms with Crippen molar-refractivity contribution in [1.82, 2.24) is 15.5 Å². The zero-order valence-electron chi connectivity index (χ0n) is 14.1. The second kappa shape index (κ2) is 8.33. The Kier molecular flexibility index (Phi) is 6.17. The third kappa shape index (κ3) is 5.26. The summed E-state index contributed by atoms with van der Waals surface area (Å²) in [5.74, 6) is -0.533. The van der Waals surface area contributed by atoms with E-state index in [2.05, 4.69) is 16.0 Å². The molecule has 0 aromatic heterocycles. The molecule has 7 nitrogen and oxygen atoms in total. The molecule has 1 aromatic rings. The monoisotopic (exact) mass is 332 g/mol. The quantitative estimate of drug-likeness (QED) is 0.763. The van der Waals surface area contributed by atoms with Crippen LogP contribution in [0.25, 0.3) is 0 Å². The molecule has 0 aliphatic heterocycles. The van der Waals surface area contributed by atoms with Crippen molar-refractivity contribution in [2.24, 2.45) is 0 Å². The Bertz CT molecular complexity index is 610. The third-order valence-corrected chi connectivity index (χ3v) is 3.91. The molecule has 0 saturated heterocycles. The molecule has 7 heteroatoms. The maximum absolute atomic E-state index is 11.9. The summed E-state index contributed by atoms with van der Waals surface area (Å²) in [6.45, 7) is -0.0440. The van der Waals surface area contributed by atoms with E-state index in [1.54, 1.807) is 38.4 Å². The zero-order valence-corrected chi connectivity index (χ0v) is 14.1. The highest BCUT2D eigenvalue weighted by Gasteiger charge is 2.18. The van der Waals surface area contributed by atoms with Crippen molar-refractivity contribution < 1.29 is 14.4 Å². The summed E-state index contributed by atoms with van der Waals surface area (Å²) < 4.78 is 0. The summed E-state index contributed by atoms with van der Waals surface area (Å²) in [5, 5.41) is 8.02. The van der Waals surface area contributed by atoms with Crippen molar-refractivity contribution in [2.75, 3.05) is 26.0 Å². The largest absolute Gasteiger partial charge is 0.376 e. The molecule has 1 saturated carbocycles. The van der Waals surface area contributed by atoms with Gasteiger partial charge < -0.3 is 15.5 Å². The lowest BCUT2D eigenvalue weighted by Gasteiger charge is -2.13. The first-order valence-electron chi connectivity index (χ1n) is 8.11. The smallest absolute Gasteiger partial charge is 0.321 e. The lowest BCUT2D eigenvalue weighted by molar-refractivity contribution is -0.118. The molecule has 1 aromatic carbocycles. The number of rotatable bonds is 5. The van der Waals surface area contributed by atoms with Crippen LogP contribution in [0.15, 0.2) is 24.3 Å². The maximum atomic E-state index is 11.9. The lowest BCUT2D eigenvalue weighted by Crippen LogP contribution is -2.45. The van der Waals surface area contributed by atoms with Crippen LogP contribution in [0.3, 0.4) is 0 Å². The van der Waals surface area contributed by atoms with Crippen molar-refractivity contribution in [3.63, 3.8) is 0 Å². The van der Waals surface area contributed by atoms with Gasteiger partial charge >= 0.3 is 6.03 Å². The molecule has 0 bridgehead atoms. The van der Waals surface area contributed by atoms with Gasteiger partial charge in [0, 0.05) is 31.4 Å². The average molecular weight is 332 g/mol. The zero-order chi connectivity index (χ0) is 17.5. The van der Waals surface area contributed by atoms with Crippen LogP contribution in [0.4, 0.5) is 10.5 Å². The fraction of sp³-hybridized carbons (Fsp3) is 0.471. The van der Waals surface area contributed by atoms with E-state index in [0.29, 0.717) is 11.3 Å². The van der Waals surface area contributed by atoms with Gasteiger partial charge in [-0.2, -0.15) is 0 Å². The van der Waals surface area contributed by atoms with E-state index < -0.39 is 11.9 Å². The Morgan fingerprint density at radius 3 is 2.54 bits per heavy atom. The van der Waals surface area contributed by atoms with Gasteiger partial charge in [-0.25, -0.2) is 4.79 Å². The summed E-state index contributed by atoms with van der Waals surface area (Å²) in [5.41, 5.74) is 1.18. The molecule has 0 spiro atoms. The normalized spacial score (nSPS) is 14.1. The lowest BCUT2D eigenvalue weighted by atomic mass is 10.2. The Hall–Kier alpha value is -2.57. The predicted molar refractivity (Wildman–Crippen MR) is 91.9 cm³/mol. The molecule has 1 aliphatic carbocycles.